The van der Waals surface area contributed by atoms with Crippen molar-refractivity contribution in [2.45, 2.75) is 12.3 Å². The second-order valence-corrected chi connectivity index (χ2v) is 3.79. The fraction of sp³-hybridized carbons (Fsp3) is 0.417. The molecule has 1 saturated carbocycles. The average molecular weight is 206 g/mol. The van der Waals surface area contributed by atoms with Gasteiger partial charge >= 0.3 is 0 Å². The molecule has 0 radical (unpaired) electrons. The number of rotatable bonds is 4. The number of methoxy groups -OCH3 is 2. The fourth-order valence-electron chi connectivity index (χ4n) is 1.79. The van der Waals surface area contributed by atoms with Gasteiger partial charge in [-0.3, -0.25) is 0 Å². The third-order valence-corrected chi connectivity index (χ3v) is 2.82. The molecular weight excluding hydrogens is 192 g/mol. The van der Waals surface area contributed by atoms with Gasteiger partial charge in [0.15, 0.2) is 0 Å². The van der Waals surface area contributed by atoms with Crippen molar-refractivity contribution in [3.63, 3.8) is 0 Å². The van der Waals surface area contributed by atoms with Gasteiger partial charge in [-0.15, -0.1) is 0 Å². The molecule has 0 saturated heterocycles. The van der Waals surface area contributed by atoms with Gasteiger partial charge in [0.1, 0.15) is 17.8 Å². The summed E-state index contributed by atoms with van der Waals surface area (Å²) in [5, 5.41) is 0. The van der Waals surface area contributed by atoms with E-state index >= 15 is 0 Å². The normalized spacial score (nSPS) is 23.3. The van der Waals surface area contributed by atoms with Gasteiger partial charge in [0.05, 0.1) is 14.2 Å². The molecule has 0 bridgehead atoms. The van der Waals surface area contributed by atoms with E-state index in [-0.39, 0.29) is 5.92 Å². The maximum Gasteiger partial charge on any atom is 0.123 e. The molecule has 0 heterocycles. The van der Waals surface area contributed by atoms with Crippen LogP contribution in [-0.2, 0) is 4.79 Å². The van der Waals surface area contributed by atoms with Crippen LogP contribution in [0.2, 0.25) is 0 Å². The molecular formula is C12H14O3. The number of carbonyl (C=O) groups is 1. The van der Waals surface area contributed by atoms with E-state index in [1.54, 1.807) is 14.2 Å². The van der Waals surface area contributed by atoms with E-state index in [0.717, 1.165) is 29.8 Å². The van der Waals surface area contributed by atoms with E-state index < -0.39 is 0 Å². The van der Waals surface area contributed by atoms with E-state index in [2.05, 4.69) is 0 Å². The maximum atomic E-state index is 10.6. The Morgan fingerprint density at radius 3 is 2.20 bits per heavy atom. The van der Waals surface area contributed by atoms with E-state index in [9.17, 15) is 4.79 Å². The topological polar surface area (TPSA) is 35.5 Å². The van der Waals surface area contributed by atoms with E-state index in [0.29, 0.717) is 5.92 Å². The average Bonchev–Trinajstić information content (AvgIpc) is 3.07. The minimum atomic E-state index is 0.182. The second-order valence-electron chi connectivity index (χ2n) is 3.79. The molecule has 0 spiro atoms. The van der Waals surface area contributed by atoms with Crippen molar-refractivity contribution in [1.29, 1.82) is 0 Å². The van der Waals surface area contributed by atoms with Crippen molar-refractivity contribution < 1.29 is 14.3 Å². The van der Waals surface area contributed by atoms with E-state index in [1.807, 2.05) is 18.2 Å². The van der Waals surface area contributed by atoms with E-state index in [4.69, 9.17) is 9.47 Å². The first kappa shape index (κ1) is 10.0. The first-order chi connectivity index (χ1) is 7.28. The number of carbonyl (C=O) groups excluding carboxylic acids is 1. The predicted molar refractivity (Wildman–Crippen MR) is 56.5 cm³/mol. The molecule has 3 nitrogen and oxygen atoms in total. The zero-order chi connectivity index (χ0) is 10.8. The lowest BCUT2D eigenvalue weighted by atomic mass is 10.1. The highest BCUT2D eigenvalue weighted by atomic mass is 16.5. The van der Waals surface area contributed by atoms with Gasteiger partial charge in [-0.25, -0.2) is 0 Å². The van der Waals surface area contributed by atoms with Crippen LogP contribution in [-0.4, -0.2) is 20.5 Å². The Morgan fingerprint density at radius 2 is 1.80 bits per heavy atom. The molecule has 1 fully saturated rings. The van der Waals surface area contributed by atoms with Crippen LogP contribution in [0.25, 0.3) is 0 Å². The highest BCUT2D eigenvalue weighted by molar-refractivity contribution is 5.62. The summed E-state index contributed by atoms with van der Waals surface area (Å²) in [4.78, 5) is 10.6. The molecule has 2 atom stereocenters. The van der Waals surface area contributed by atoms with Crippen LogP contribution in [0.3, 0.4) is 0 Å². The minimum Gasteiger partial charge on any atom is -0.497 e. The highest BCUT2D eigenvalue weighted by Crippen LogP contribution is 2.47. The summed E-state index contributed by atoms with van der Waals surface area (Å²) in [6.45, 7) is 0. The van der Waals surface area contributed by atoms with Crippen LogP contribution >= 0.6 is 0 Å². The maximum absolute atomic E-state index is 10.6. The standard InChI is InChI=1S/C12H14O3/c1-14-10-3-8(4-11(6-10)15-2)12-5-9(12)7-13/h3-4,6-7,9,12H,5H2,1-2H3/t9-,12-/m1/s1. The van der Waals surface area contributed by atoms with Crippen molar-refractivity contribution in [1.82, 2.24) is 0 Å². The smallest absolute Gasteiger partial charge is 0.123 e. The van der Waals surface area contributed by atoms with Crippen LogP contribution in [0.1, 0.15) is 17.9 Å². The summed E-state index contributed by atoms with van der Waals surface area (Å²) < 4.78 is 10.4. The van der Waals surface area contributed by atoms with Crippen molar-refractivity contribution in [2.75, 3.05) is 14.2 Å². The number of hydrogen-bond donors (Lipinski definition) is 0. The molecule has 15 heavy (non-hydrogen) atoms. The SMILES string of the molecule is COc1cc(OC)cc([C@H]2C[C@@H]2C=O)c1. The van der Waals surface area contributed by atoms with Crippen molar-refractivity contribution in [3.05, 3.63) is 23.8 Å². The van der Waals surface area contributed by atoms with Gasteiger partial charge < -0.3 is 14.3 Å². The monoisotopic (exact) mass is 206 g/mol. The molecule has 1 aliphatic carbocycles. The van der Waals surface area contributed by atoms with Gasteiger partial charge in [-0.1, -0.05) is 0 Å². The summed E-state index contributed by atoms with van der Waals surface area (Å²) in [5.41, 5.74) is 1.13. The van der Waals surface area contributed by atoms with Crippen LogP contribution in [0.5, 0.6) is 11.5 Å². The fourth-order valence-corrected chi connectivity index (χ4v) is 1.79. The first-order valence-electron chi connectivity index (χ1n) is 4.96. The summed E-state index contributed by atoms with van der Waals surface area (Å²) in [5.74, 6) is 2.09. The number of aldehydes is 1. The molecule has 1 aromatic rings. The Kier molecular flexibility index (Phi) is 2.62. The molecule has 3 heteroatoms. The number of hydrogen-bond acceptors (Lipinski definition) is 3. The zero-order valence-electron chi connectivity index (χ0n) is 8.90. The van der Waals surface area contributed by atoms with Gasteiger partial charge in [0, 0.05) is 12.0 Å². The quantitative estimate of drug-likeness (QED) is 0.707. The van der Waals surface area contributed by atoms with Crippen molar-refractivity contribution in [3.8, 4) is 11.5 Å². The lowest BCUT2D eigenvalue weighted by Crippen LogP contribution is -1.91. The Morgan fingerprint density at radius 1 is 1.20 bits per heavy atom. The minimum absolute atomic E-state index is 0.182. The molecule has 0 aromatic heterocycles. The molecule has 0 N–H and O–H groups in total. The summed E-state index contributed by atoms with van der Waals surface area (Å²) >= 11 is 0. The van der Waals surface area contributed by atoms with Gasteiger partial charge in [0.2, 0.25) is 0 Å². The Balaban J connectivity index is 2.27. The molecule has 1 aliphatic rings. The Hall–Kier alpha value is -1.51. The van der Waals surface area contributed by atoms with Crippen molar-refractivity contribution >= 4 is 6.29 Å². The zero-order valence-corrected chi connectivity index (χ0v) is 8.90. The van der Waals surface area contributed by atoms with Crippen LogP contribution < -0.4 is 9.47 Å². The number of ether oxygens (including phenoxy) is 2. The highest BCUT2D eigenvalue weighted by Gasteiger charge is 2.38. The first-order valence-corrected chi connectivity index (χ1v) is 4.96. The molecule has 80 valence electrons. The van der Waals surface area contributed by atoms with Crippen LogP contribution in [0, 0.1) is 5.92 Å². The Bertz CT molecular complexity index is 351. The lowest BCUT2D eigenvalue weighted by Gasteiger charge is -2.07. The molecule has 1 aromatic carbocycles. The third kappa shape index (κ3) is 1.96. The third-order valence-electron chi connectivity index (χ3n) is 2.82. The largest absolute Gasteiger partial charge is 0.497 e. The number of benzene rings is 1. The van der Waals surface area contributed by atoms with Crippen LogP contribution in [0.4, 0.5) is 0 Å². The summed E-state index contributed by atoms with van der Waals surface area (Å²) in [6.07, 6.45) is 1.97. The van der Waals surface area contributed by atoms with Crippen molar-refractivity contribution in [2.24, 2.45) is 5.92 Å². The summed E-state index contributed by atoms with van der Waals surface area (Å²) in [6, 6.07) is 5.77. The Labute approximate surface area is 89.0 Å². The van der Waals surface area contributed by atoms with Gasteiger partial charge in [0.25, 0.3) is 0 Å². The molecule has 2 rings (SSSR count). The van der Waals surface area contributed by atoms with Gasteiger partial charge in [-0.05, 0) is 30.0 Å². The molecule has 0 amide bonds. The summed E-state index contributed by atoms with van der Waals surface area (Å²) in [7, 11) is 3.26. The van der Waals surface area contributed by atoms with Crippen LogP contribution in [0.15, 0.2) is 18.2 Å². The molecule has 0 unspecified atom stereocenters. The lowest BCUT2D eigenvalue weighted by molar-refractivity contribution is -0.108. The second kappa shape index (κ2) is 3.93. The molecule has 0 aliphatic heterocycles. The van der Waals surface area contributed by atoms with Gasteiger partial charge in [-0.2, -0.15) is 0 Å². The van der Waals surface area contributed by atoms with E-state index in [1.165, 1.54) is 0 Å². The predicted octanol–water partition coefficient (Wildman–Crippen LogP) is 2.01.